The molecular weight excluding hydrogens is 366 g/mol. The number of carbonyl (C=O) groups is 1. The number of likely N-dealkylation sites (tertiary alicyclic amines) is 1. The van der Waals surface area contributed by atoms with E-state index in [9.17, 15) is 4.79 Å². The highest BCUT2D eigenvalue weighted by Crippen LogP contribution is 2.29. The van der Waals surface area contributed by atoms with Crippen LogP contribution in [0.5, 0.6) is 0 Å². The Kier molecular flexibility index (Phi) is 5.17. The molecule has 152 valence electrons. The predicted octanol–water partition coefficient (Wildman–Crippen LogP) is 3.10. The van der Waals surface area contributed by atoms with E-state index in [0.29, 0.717) is 12.1 Å². The van der Waals surface area contributed by atoms with Gasteiger partial charge >= 0.3 is 0 Å². The number of aromatic nitrogens is 5. The number of hydrogen-bond acceptors (Lipinski definition) is 6. The van der Waals surface area contributed by atoms with Gasteiger partial charge in [-0.25, -0.2) is 19.6 Å². The number of nitrogens with zero attached hydrogens (tertiary/aromatic N) is 6. The molecule has 1 saturated heterocycles. The first-order valence-corrected chi connectivity index (χ1v) is 10.2. The molecule has 2 unspecified atom stereocenters. The molecule has 2 N–H and O–H groups in total. The molecule has 0 saturated carbocycles. The zero-order valence-electron chi connectivity index (χ0n) is 17.2. The Morgan fingerprint density at radius 2 is 2.21 bits per heavy atom. The van der Waals surface area contributed by atoms with Crippen molar-refractivity contribution in [2.45, 2.75) is 52.0 Å². The number of piperidine rings is 1. The molecule has 29 heavy (non-hydrogen) atoms. The molecule has 2 atom stereocenters. The van der Waals surface area contributed by atoms with Crippen LogP contribution in [-0.2, 0) is 0 Å². The van der Waals surface area contributed by atoms with Crippen LogP contribution in [0.25, 0.3) is 11.0 Å². The van der Waals surface area contributed by atoms with Crippen molar-refractivity contribution in [2.24, 2.45) is 0 Å². The van der Waals surface area contributed by atoms with E-state index >= 15 is 0 Å². The van der Waals surface area contributed by atoms with Crippen LogP contribution in [-0.4, -0.2) is 48.6 Å². The molecule has 4 heterocycles. The third kappa shape index (κ3) is 3.66. The summed E-state index contributed by atoms with van der Waals surface area (Å²) in [5.74, 6) is 0.463. The second-order valence-electron chi connectivity index (χ2n) is 7.82. The molecule has 1 fully saturated rings. The van der Waals surface area contributed by atoms with Crippen LogP contribution < -0.4 is 5.73 Å². The Labute approximate surface area is 170 Å². The van der Waals surface area contributed by atoms with Crippen molar-refractivity contribution in [1.82, 2.24) is 29.6 Å². The first kappa shape index (κ1) is 19.3. The van der Waals surface area contributed by atoms with E-state index in [1.54, 1.807) is 12.4 Å². The van der Waals surface area contributed by atoms with E-state index in [2.05, 4.69) is 33.9 Å². The number of amides is 1. The van der Waals surface area contributed by atoms with E-state index in [1.807, 2.05) is 28.6 Å². The summed E-state index contributed by atoms with van der Waals surface area (Å²) in [6.07, 6.45) is 6.31. The summed E-state index contributed by atoms with van der Waals surface area (Å²) in [5, 5.41) is 5.33. The van der Waals surface area contributed by atoms with Crippen LogP contribution in [0.3, 0.4) is 0 Å². The van der Waals surface area contributed by atoms with E-state index in [4.69, 9.17) is 5.73 Å². The maximum atomic E-state index is 13.5. The standard InChI is InChI=1S/C21H27N7O/c1-4-14(3)28-19-17(11-24-28)16(10-13(2)25-19)20(29)27-9-5-6-15(12-27)18-7-8-23-21(22)26-18/h7-8,10-11,14-15H,4-6,9,12H2,1-3H3,(H2,22,23,26). The van der Waals surface area contributed by atoms with Crippen LogP contribution in [0, 0.1) is 6.92 Å². The molecule has 0 radical (unpaired) electrons. The summed E-state index contributed by atoms with van der Waals surface area (Å²) >= 11 is 0. The SMILES string of the molecule is CCC(C)n1ncc2c(C(=O)N3CCCC(c4ccnc(N)n4)C3)cc(C)nc21. The minimum absolute atomic E-state index is 0.0240. The molecule has 0 spiro atoms. The van der Waals surface area contributed by atoms with Gasteiger partial charge in [0.1, 0.15) is 0 Å². The quantitative estimate of drug-likeness (QED) is 0.730. The monoisotopic (exact) mass is 393 g/mol. The molecule has 8 nitrogen and oxygen atoms in total. The molecule has 0 bridgehead atoms. The summed E-state index contributed by atoms with van der Waals surface area (Å²) < 4.78 is 1.92. The fourth-order valence-corrected chi connectivity index (χ4v) is 4.00. The molecule has 0 aliphatic carbocycles. The molecular formula is C21H27N7O. The predicted molar refractivity (Wildman–Crippen MR) is 112 cm³/mol. The first-order valence-electron chi connectivity index (χ1n) is 10.2. The number of nitrogens with two attached hydrogens (primary N) is 1. The maximum Gasteiger partial charge on any atom is 0.254 e. The number of pyridine rings is 1. The lowest BCUT2D eigenvalue weighted by molar-refractivity contribution is 0.0707. The molecule has 1 amide bonds. The topological polar surface area (TPSA) is 103 Å². The lowest BCUT2D eigenvalue weighted by Gasteiger charge is -2.32. The van der Waals surface area contributed by atoms with Crippen LogP contribution in [0.4, 0.5) is 5.95 Å². The Hall–Kier alpha value is -3.03. The third-order valence-corrected chi connectivity index (χ3v) is 5.76. The molecule has 0 aromatic carbocycles. The number of fused-ring (bicyclic) bond motifs is 1. The second-order valence-corrected chi connectivity index (χ2v) is 7.82. The van der Waals surface area contributed by atoms with Gasteiger partial charge in [-0.05, 0) is 45.2 Å². The summed E-state index contributed by atoms with van der Waals surface area (Å²) in [6, 6.07) is 3.99. The Balaban J connectivity index is 1.65. The number of hydrogen-bond donors (Lipinski definition) is 1. The van der Waals surface area contributed by atoms with Crippen LogP contribution in [0.1, 0.15) is 66.8 Å². The van der Waals surface area contributed by atoms with Crippen LogP contribution >= 0.6 is 0 Å². The fraction of sp³-hybridized carbons (Fsp3) is 0.476. The van der Waals surface area contributed by atoms with Gasteiger partial charge in [0.25, 0.3) is 5.91 Å². The average Bonchev–Trinajstić information content (AvgIpc) is 3.16. The molecule has 3 aromatic rings. The number of rotatable bonds is 4. The largest absolute Gasteiger partial charge is 0.368 e. The van der Waals surface area contributed by atoms with Crippen molar-refractivity contribution in [3.05, 3.63) is 41.5 Å². The second kappa shape index (κ2) is 7.77. The van der Waals surface area contributed by atoms with Crippen molar-refractivity contribution in [2.75, 3.05) is 18.8 Å². The summed E-state index contributed by atoms with van der Waals surface area (Å²) in [7, 11) is 0. The molecule has 4 rings (SSSR count). The van der Waals surface area contributed by atoms with Crippen molar-refractivity contribution >= 4 is 22.9 Å². The van der Waals surface area contributed by atoms with Gasteiger partial charge in [0.15, 0.2) is 5.65 Å². The summed E-state index contributed by atoms with van der Waals surface area (Å²) in [4.78, 5) is 28.4. The normalized spacial score (nSPS) is 18.2. The van der Waals surface area contributed by atoms with E-state index < -0.39 is 0 Å². The highest BCUT2D eigenvalue weighted by atomic mass is 16.2. The van der Waals surface area contributed by atoms with Gasteiger partial charge in [-0.3, -0.25) is 4.79 Å². The van der Waals surface area contributed by atoms with Gasteiger partial charge in [0, 0.05) is 30.9 Å². The van der Waals surface area contributed by atoms with Crippen molar-refractivity contribution < 1.29 is 4.79 Å². The fourth-order valence-electron chi connectivity index (χ4n) is 4.00. The average molecular weight is 393 g/mol. The zero-order valence-corrected chi connectivity index (χ0v) is 17.2. The molecule has 3 aromatic heterocycles. The lowest BCUT2D eigenvalue weighted by atomic mass is 9.94. The Bertz CT molecular complexity index is 1040. The van der Waals surface area contributed by atoms with Gasteiger partial charge in [-0.2, -0.15) is 5.10 Å². The van der Waals surface area contributed by atoms with Gasteiger partial charge in [0.2, 0.25) is 5.95 Å². The molecule has 8 heteroatoms. The van der Waals surface area contributed by atoms with E-state index in [0.717, 1.165) is 48.2 Å². The maximum absolute atomic E-state index is 13.5. The van der Waals surface area contributed by atoms with Crippen LogP contribution in [0.15, 0.2) is 24.5 Å². The minimum Gasteiger partial charge on any atom is -0.368 e. The molecule has 1 aliphatic rings. The minimum atomic E-state index is 0.0240. The van der Waals surface area contributed by atoms with Gasteiger partial charge in [0.05, 0.1) is 28.9 Å². The van der Waals surface area contributed by atoms with Gasteiger partial charge < -0.3 is 10.6 Å². The van der Waals surface area contributed by atoms with Crippen LogP contribution in [0.2, 0.25) is 0 Å². The first-order chi connectivity index (χ1) is 14.0. The number of anilines is 1. The Morgan fingerprint density at radius 3 is 2.97 bits per heavy atom. The van der Waals surface area contributed by atoms with Crippen molar-refractivity contribution in [3.8, 4) is 0 Å². The van der Waals surface area contributed by atoms with Crippen molar-refractivity contribution in [1.29, 1.82) is 0 Å². The Morgan fingerprint density at radius 1 is 1.38 bits per heavy atom. The highest BCUT2D eigenvalue weighted by molar-refractivity contribution is 6.05. The number of carbonyl (C=O) groups excluding carboxylic acids is 1. The third-order valence-electron chi connectivity index (χ3n) is 5.76. The molecule has 1 aliphatic heterocycles. The van der Waals surface area contributed by atoms with Gasteiger partial charge in [-0.15, -0.1) is 0 Å². The van der Waals surface area contributed by atoms with Gasteiger partial charge in [-0.1, -0.05) is 6.92 Å². The summed E-state index contributed by atoms with van der Waals surface area (Å²) in [5.41, 5.74) is 8.92. The highest BCUT2D eigenvalue weighted by Gasteiger charge is 2.28. The lowest BCUT2D eigenvalue weighted by Crippen LogP contribution is -2.39. The van der Waals surface area contributed by atoms with E-state index in [1.165, 1.54) is 0 Å². The smallest absolute Gasteiger partial charge is 0.254 e. The number of nitrogen functional groups attached to an aromatic ring is 1. The summed E-state index contributed by atoms with van der Waals surface area (Å²) in [6.45, 7) is 7.51. The van der Waals surface area contributed by atoms with Crippen molar-refractivity contribution in [3.63, 3.8) is 0 Å². The zero-order chi connectivity index (χ0) is 20.5. The number of aryl methyl sites for hydroxylation is 1. The van der Waals surface area contributed by atoms with E-state index in [-0.39, 0.29) is 23.8 Å².